The van der Waals surface area contributed by atoms with Crippen LogP contribution in [0.15, 0.2) is 133 Å². The molecule has 0 aliphatic rings. The number of anilines is 1. The van der Waals surface area contributed by atoms with E-state index < -0.39 is 0 Å². The molecule has 0 radical (unpaired) electrons. The summed E-state index contributed by atoms with van der Waals surface area (Å²) in [6.07, 6.45) is 0.274. The fraction of sp³-hybridized carbons (Fsp3) is 0.154. The van der Waals surface area contributed by atoms with Crippen LogP contribution in [0.1, 0.15) is 56.8 Å². The Kier molecular flexibility index (Phi) is 10.7. The molecule has 0 saturated heterocycles. The highest BCUT2D eigenvalue weighted by Gasteiger charge is 2.19. The molecule has 0 aromatic heterocycles. The maximum Gasteiger partial charge on any atom is 0.305 e. The van der Waals surface area contributed by atoms with Crippen LogP contribution in [0.25, 0.3) is 11.1 Å². The van der Waals surface area contributed by atoms with Crippen LogP contribution in [0.4, 0.5) is 5.69 Å². The second-order valence-corrected chi connectivity index (χ2v) is 10.6. The Labute approximate surface area is 264 Å². The first-order chi connectivity index (χ1) is 22.0. The average molecular weight is 597 g/mol. The molecule has 5 aromatic rings. The minimum atomic E-state index is -0.389. The summed E-state index contributed by atoms with van der Waals surface area (Å²) in [7, 11) is 0. The number of hydrogen-bond donors (Lipinski definition) is 2. The summed E-state index contributed by atoms with van der Waals surface area (Å²) in [6, 6.07) is 41.6. The maximum atomic E-state index is 13.4. The van der Waals surface area contributed by atoms with Crippen molar-refractivity contribution in [2.24, 2.45) is 0 Å². The smallest absolute Gasteiger partial charge is 0.305 e. The summed E-state index contributed by atoms with van der Waals surface area (Å²) in [5.41, 5.74) is 6.56. The van der Waals surface area contributed by atoms with E-state index in [9.17, 15) is 14.4 Å². The molecule has 45 heavy (non-hydrogen) atoms. The summed E-state index contributed by atoms with van der Waals surface area (Å²) < 4.78 is 5.57. The number of carbonyl (C=O) groups is 3. The second kappa shape index (κ2) is 15.4. The predicted molar refractivity (Wildman–Crippen MR) is 178 cm³/mol. The fourth-order valence-electron chi connectivity index (χ4n) is 5.13. The normalized spacial score (nSPS) is 11.4. The average Bonchev–Trinajstić information content (AvgIpc) is 3.10. The molecule has 5 aromatic carbocycles. The molecule has 1 unspecified atom stereocenters. The van der Waals surface area contributed by atoms with Crippen molar-refractivity contribution in [3.05, 3.63) is 161 Å². The molecular formula is C39H36N2O4. The van der Waals surface area contributed by atoms with Crippen LogP contribution in [-0.2, 0) is 16.1 Å². The highest BCUT2D eigenvalue weighted by molar-refractivity contribution is 6.12. The SMILES string of the molecule is CCC(=O)OCC(Nc1ccccc1C(=O)c1ccccc1)c1ccc(-c2ccccc2CNCC(=O)c2ccccc2)cc1. The highest BCUT2D eigenvalue weighted by atomic mass is 16.5. The van der Waals surface area contributed by atoms with Crippen LogP contribution in [0.2, 0.25) is 0 Å². The lowest BCUT2D eigenvalue weighted by atomic mass is 9.96. The summed E-state index contributed by atoms with van der Waals surface area (Å²) in [5, 5.41) is 6.77. The molecule has 0 bridgehead atoms. The standard InChI is InChI=1S/C39H36N2O4/c1-2-38(43)45-27-36(41-35-20-12-11-19-34(35)39(44)31-15-7-4-8-16-31)29-23-21-28(22-24-29)33-18-10-9-17-32(33)25-40-26-37(42)30-13-5-3-6-14-30/h3-24,36,40-41H,2,25-27H2,1H3. The molecular weight excluding hydrogens is 560 g/mol. The van der Waals surface area contributed by atoms with E-state index in [0.717, 1.165) is 22.3 Å². The van der Waals surface area contributed by atoms with E-state index in [-0.39, 0.29) is 43.2 Å². The quantitative estimate of drug-likeness (QED) is 0.101. The van der Waals surface area contributed by atoms with E-state index in [1.807, 2.05) is 103 Å². The Morgan fingerprint density at radius 1 is 0.689 bits per heavy atom. The van der Waals surface area contributed by atoms with Crippen molar-refractivity contribution >= 4 is 23.2 Å². The van der Waals surface area contributed by atoms with Crippen molar-refractivity contribution in [1.82, 2.24) is 5.32 Å². The zero-order chi connectivity index (χ0) is 31.4. The first kappa shape index (κ1) is 31.1. The first-order valence-corrected chi connectivity index (χ1v) is 15.1. The molecule has 1 atom stereocenters. The van der Waals surface area contributed by atoms with Crippen molar-refractivity contribution in [2.75, 3.05) is 18.5 Å². The predicted octanol–water partition coefficient (Wildman–Crippen LogP) is 7.66. The molecule has 2 N–H and O–H groups in total. The molecule has 0 spiro atoms. The van der Waals surface area contributed by atoms with Gasteiger partial charge in [0.1, 0.15) is 6.61 Å². The van der Waals surface area contributed by atoms with Crippen LogP contribution in [0.3, 0.4) is 0 Å². The van der Waals surface area contributed by atoms with Crippen molar-refractivity contribution in [2.45, 2.75) is 25.9 Å². The number of rotatable bonds is 14. The third-order valence-corrected chi connectivity index (χ3v) is 7.58. The lowest BCUT2D eigenvalue weighted by Crippen LogP contribution is -2.22. The minimum absolute atomic E-state index is 0.0480. The second-order valence-electron chi connectivity index (χ2n) is 10.6. The number of esters is 1. The number of ether oxygens (including phenoxy) is 1. The van der Waals surface area contributed by atoms with Crippen LogP contribution in [0.5, 0.6) is 0 Å². The molecule has 0 fully saturated rings. The van der Waals surface area contributed by atoms with Crippen LogP contribution < -0.4 is 10.6 Å². The van der Waals surface area contributed by atoms with Gasteiger partial charge in [0.25, 0.3) is 0 Å². The van der Waals surface area contributed by atoms with Gasteiger partial charge < -0.3 is 15.4 Å². The number of para-hydroxylation sites is 1. The summed E-state index contributed by atoms with van der Waals surface area (Å²) in [4.78, 5) is 38.0. The summed E-state index contributed by atoms with van der Waals surface area (Å²) >= 11 is 0. The van der Waals surface area contributed by atoms with Gasteiger partial charge >= 0.3 is 5.97 Å². The van der Waals surface area contributed by atoms with Crippen molar-refractivity contribution in [3.8, 4) is 11.1 Å². The fourth-order valence-corrected chi connectivity index (χ4v) is 5.13. The van der Waals surface area contributed by atoms with Crippen molar-refractivity contribution in [1.29, 1.82) is 0 Å². The Hall–Kier alpha value is -5.33. The van der Waals surface area contributed by atoms with Crippen molar-refractivity contribution < 1.29 is 19.1 Å². The Morgan fingerprint density at radius 2 is 1.31 bits per heavy atom. The van der Waals surface area contributed by atoms with Gasteiger partial charge in [-0.05, 0) is 34.4 Å². The molecule has 6 heteroatoms. The minimum Gasteiger partial charge on any atom is -0.463 e. The van der Waals surface area contributed by atoms with Gasteiger partial charge in [-0.15, -0.1) is 0 Å². The van der Waals surface area contributed by atoms with Crippen LogP contribution in [-0.4, -0.2) is 30.7 Å². The van der Waals surface area contributed by atoms with Gasteiger partial charge in [0, 0.05) is 35.3 Å². The number of Topliss-reactive ketones (excluding diaryl/α,β-unsaturated/α-hetero) is 1. The van der Waals surface area contributed by atoms with Gasteiger partial charge in [-0.2, -0.15) is 0 Å². The number of carbonyl (C=O) groups excluding carboxylic acids is 3. The third-order valence-electron chi connectivity index (χ3n) is 7.58. The largest absolute Gasteiger partial charge is 0.463 e. The summed E-state index contributed by atoms with van der Waals surface area (Å²) in [5.74, 6) is -0.333. The monoisotopic (exact) mass is 596 g/mol. The van der Waals surface area contributed by atoms with E-state index in [4.69, 9.17) is 4.74 Å². The Morgan fingerprint density at radius 3 is 2.02 bits per heavy atom. The molecule has 0 amide bonds. The molecule has 5 rings (SSSR count). The van der Waals surface area contributed by atoms with Gasteiger partial charge in [0.2, 0.25) is 0 Å². The Bertz CT molecular complexity index is 1730. The molecule has 0 saturated carbocycles. The van der Waals surface area contributed by atoms with Gasteiger partial charge in [0.05, 0.1) is 12.6 Å². The van der Waals surface area contributed by atoms with E-state index in [1.165, 1.54) is 0 Å². The first-order valence-electron chi connectivity index (χ1n) is 15.1. The van der Waals surface area contributed by atoms with Gasteiger partial charge in [-0.25, -0.2) is 0 Å². The van der Waals surface area contributed by atoms with Crippen LogP contribution >= 0.6 is 0 Å². The molecule has 0 heterocycles. The Balaban J connectivity index is 1.34. The van der Waals surface area contributed by atoms with Gasteiger partial charge in [0.15, 0.2) is 11.6 Å². The van der Waals surface area contributed by atoms with Gasteiger partial charge in [-0.3, -0.25) is 14.4 Å². The number of hydrogen-bond acceptors (Lipinski definition) is 6. The molecule has 0 aliphatic carbocycles. The number of nitrogens with one attached hydrogen (secondary N) is 2. The topological polar surface area (TPSA) is 84.5 Å². The van der Waals surface area contributed by atoms with E-state index in [1.54, 1.807) is 25.1 Å². The highest BCUT2D eigenvalue weighted by Crippen LogP contribution is 2.29. The van der Waals surface area contributed by atoms with Crippen LogP contribution in [0, 0.1) is 0 Å². The van der Waals surface area contributed by atoms with E-state index in [2.05, 4.69) is 22.8 Å². The maximum absolute atomic E-state index is 13.4. The lowest BCUT2D eigenvalue weighted by Gasteiger charge is -2.22. The lowest BCUT2D eigenvalue weighted by molar-refractivity contribution is -0.143. The number of ketones is 2. The number of benzene rings is 5. The molecule has 226 valence electrons. The van der Waals surface area contributed by atoms with E-state index >= 15 is 0 Å². The molecule has 6 nitrogen and oxygen atoms in total. The molecule has 0 aliphatic heterocycles. The summed E-state index contributed by atoms with van der Waals surface area (Å²) in [6.45, 7) is 2.66. The zero-order valence-electron chi connectivity index (χ0n) is 25.2. The zero-order valence-corrected chi connectivity index (χ0v) is 25.2. The van der Waals surface area contributed by atoms with E-state index in [0.29, 0.717) is 28.9 Å². The van der Waals surface area contributed by atoms with Crippen molar-refractivity contribution in [3.63, 3.8) is 0 Å². The third kappa shape index (κ3) is 8.19. The van der Waals surface area contributed by atoms with Gasteiger partial charge in [-0.1, -0.05) is 128 Å².